The Hall–Kier alpha value is -5.48. The number of hydrogen-bond donors (Lipinski definition) is 1. The molecule has 0 aliphatic carbocycles. The van der Waals surface area contributed by atoms with Crippen LogP contribution in [-0.2, 0) is 4.74 Å². The van der Waals surface area contributed by atoms with Gasteiger partial charge in [0.25, 0.3) is 0 Å². The van der Waals surface area contributed by atoms with Crippen LogP contribution in [0.15, 0.2) is 73.1 Å². The molecule has 2 aromatic heterocycles. The maximum absolute atomic E-state index is 13.4. The predicted molar refractivity (Wildman–Crippen MR) is 127 cm³/mol. The van der Waals surface area contributed by atoms with Gasteiger partial charge in [0.15, 0.2) is 11.6 Å². The molecule has 10 heteroatoms. The molecule has 0 saturated carbocycles. The number of ether oxygens (including phenoxy) is 1. The zero-order valence-corrected chi connectivity index (χ0v) is 19.1. The van der Waals surface area contributed by atoms with Crippen LogP contribution in [0.2, 0.25) is 0 Å². The van der Waals surface area contributed by atoms with Crippen LogP contribution in [0.4, 0.5) is 8.78 Å². The number of carbonyl (C=O) groups is 2. The van der Waals surface area contributed by atoms with Crippen molar-refractivity contribution in [3.8, 4) is 34.7 Å². The maximum atomic E-state index is 13.4. The molecular formula is C27H16F2N4O4. The van der Waals surface area contributed by atoms with E-state index in [0.29, 0.717) is 33.6 Å². The first-order valence-electron chi connectivity index (χ1n) is 10.4. The average molecular weight is 498 g/mol. The van der Waals surface area contributed by atoms with Crippen molar-refractivity contribution < 1.29 is 28.2 Å². The van der Waals surface area contributed by atoms with E-state index >= 15 is 0 Å². The standard InChI is InChI=1S/C14H9FN2O2.C13H7FN2O2/c1-19-14(18)11-6-13(17-8-12(11)15)10-4-2-9(7-16)3-5-10;14-11-7-16-12(5-10(11)13(17)18)9-3-1-8(6-15)2-4-9/h2-6,8H,1H3;1-5,7H,(H,17,18). The van der Waals surface area contributed by atoms with Crippen molar-refractivity contribution in [1.82, 2.24) is 9.97 Å². The number of halogens is 2. The second kappa shape index (κ2) is 11.8. The Kier molecular flexibility index (Phi) is 8.32. The summed E-state index contributed by atoms with van der Waals surface area (Å²) in [6.45, 7) is 0. The summed E-state index contributed by atoms with van der Waals surface area (Å²) >= 11 is 0. The first-order valence-corrected chi connectivity index (χ1v) is 10.4. The second-order valence-corrected chi connectivity index (χ2v) is 7.27. The van der Waals surface area contributed by atoms with Crippen molar-refractivity contribution in [3.63, 3.8) is 0 Å². The van der Waals surface area contributed by atoms with Gasteiger partial charge in [0.05, 0.1) is 65.3 Å². The summed E-state index contributed by atoms with van der Waals surface area (Å²) in [5.74, 6) is -3.70. The number of rotatable bonds is 4. The van der Waals surface area contributed by atoms with Crippen LogP contribution in [0.1, 0.15) is 31.8 Å². The third kappa shape index (κ3) is 6.35. The molecule has 37 heavy (non-hydrogen) atoms. The van der Waals surface area contributed by atoms with Gasteiger partial charge in [-0.2, -0.15) is 10.5 Å². The molecule has 0 aliphatic rings. The van der Waals surface area contributed by atoms with Gasteiger partial charge in [-0.1, -0.05) is 24.3 Å². The molecule has 0 spiro atoms. The summed E-state index contributed by atoms with van der Waals surface area (Å²) in [7, 11) is 1.18. The molecule has 1 N–H and O–H groups in total. The van der Waals surface area contributed by atoms with Crippen molar-refractivity contribution in [2.45, 2.75) is 0 Å². The number of aromatic nitrogens is 2. The molecule has 0 saturated heterocycles. The van der Waals surface area contributed by atoms with Gasteiger partial charge in [-0.15, -0.1) is 0 Å². The molecule has 0 fully saturated rings. The smallest absolute Gasteiger partial charge is 0.340 e. The van der Waals surface area contributed by atoms with Gasteiger partial charge in [0, 0.05) is 11.1 Å². The SMILES string of the molecule is COC(=O)c1cc(-c2ccc(C#N)cc2)ncc1F.N#Cc1ccc(-c2cc(C(=O)O)c(F)cn2)cc1. The van der Waals surface area contributed by atoms with E-state index in [9.17, 15) is 18.4 Å². The van der Waals surface area contributed by atoms with Crippen molar-refractivity contribution in [2.75, 3.05) is 7.11 Å². The second-order valence-electron chi connectivity index (χ2n) is 7.27. The maximum Gasteiger partial charge on any atom is 0.340 e. The molecule has 2 heterocycles. The van der Waals surface area contributed by atoms with Crippen LogP contribution in [-0.4, -0.2) is 34.1 Å². The summed E-state index contributed by atoms with van der Waals surface area (Å²) in [6.07, 6.45) is 1.84. The van der Waals surface area contributed by atoms with E-state index in [0.717, 1.165) is 12.4 Å². The number of nitrogens with zero attached hydrogens (tertiary/aromatic N) is 4. The fraction of sp³-hybridized carbons (Fsp3) is 0.0370. The lowest BCUT2D eigenvalue weighted by Gasteiger charge is -2.05. The van der Waals surface area contributed by atoms with Crippen LogP contribution in [0.3, 0.4) is 0 Å². The van der Waals surface area contributed by atoms with Crippen molar-refractivity contribution in [2.24, 2.45) is 0 Å². The Morgan fingerprint density at radius 3 is 1.57 bits per heavy atom. The van der Waals surface area contributed by atoms with Crippen molar-refractivity contribution >= 4 is 11.9 Å². The molecule has 182 valence electrons. The summed E-state index contributed by atoms with van der Waals surface area (Å²) in [5.41, 5.74) is 2.49. The van der Waals surface area contributed by atoms with Gasteiger partial charge in [0.2, 0.25) is 0 Å². The number of pyridine rings is 2. The van der Waals surface area contributed by atoms with E-state index in [4.69, 9.17) is 15.6 Å². The van der Waals surface area contributed by atoms with E-state index in [1.807, 2.05) is 12.1 Å². The number of nitriles is 2. The van der Waals surface area contributed by atoms with Crippen LogP contribution >= 0.6 is 0 Å². The summed E-state index contributed by atoms with van der Waals surface area (Å²) in [4.78, 5) is 29.9. The van der Waals surface area contributed by atoms with Gasteiger partial charge in [0.1, 0.15) is 0 Å². The Labute approximate surface area is 209 Å². The number of benzene rings is 2. The van der Waals surface area contributed by atoms with Crippen LogP contribution < -0.4 is 0 Å². The number of esters is 1. The lowest BCUT2D eigenvalue weighted by atomic mass is 10.1. The van der Waals surface area contributed by atoms with E-state index < -0.39 is 29.1 Å². The molecule has 0 unspecified atom stereocenters. The number of aromatic carboxylic acids is 1. The quantitative estimate of drug-likeness (QED) is 0.388. The van der Waals surface area contributed by atoms with E-state index in [1.165, 1.54) is 19.2 Å². The van der Waals surface area contributed by atoms with E-state index in [1.54, 1.807) is 48.5 Å². The highest BCUT2D eigenvalue weighted by molar-refractivity contribution is 5.91. The lowest BCUT2D eigenvalue weighted by molar-refractivity contribution is 0.0594. The number of carbonyl (C=O) groups excluding carboxylic acids is 1. The third-order valence-corrected chi connectivity index (χ3v) is 4.97. The van der Waals surface area contributed by atoms with Crippen molar-refractivity contribution in [3.05, 3.63) is 107 Å². The Bertz CT molecular complexity index is 1540. The summed E-state index contributed by atoms with van der Waals surface area (Å²) in [6, 6.07) is 19.5. The van der Waals surface area contributed by atoms with Crippen LogP contribution in [0.25, 0.3) is 22.5 Å². The zero-order valence-electron chi connectivity index (χ0n) is 19.1. The molecule has 0 bridgehead atoms. The lowest BCUT2D eigenvalue weighted by Crippen LogP contribution is -2.05. The van der Waals surface area contributed by atoms with Gasteiger partial charge >= 0.3 is 11.9 Å². The average Bonchev–Trinajstić information content (AvgIpc) is 2.93. The largest absolute Gasteiger partial charge is 0.478 e. The minimum Gasteiger partial charge on any atom is -0.478 e. The fourth-order valence-electron chi connectivity index (χ4n) is 3.05. The Morgan fingerprint density at radius 2 is 1.19 bits per heavy atom. The third-order valence-electron chi connectivity index (χ3n) is 4.97. The van der Waals surface area contributed by atoms with Gasteiger partial charge < -0.3 is 9.84 Å². The van der Waals surface area contributed by atoms with Crippen molar-refractivity contribution in [1.29, 1.82) is 10.5 Å². The number of carboxylic acid groups (broad SMARTS) is 1. The molecule has 0 amide bonds. The summed E-state index contributed by atoms with van der Waals surface area (Å²) < 4.78 is 31.1. The molecule has 0 atom stereocenters. The van der Waals surface area contributed by atoms with Gasteiger partial charge in [-0.25, -0.2) is 18.4 Å². The predicted octanol–water partition coefficient (Wildman–Crippen LogP) is 5.00. The first-order chi connectivity index (χ1) is 17.8. The minimum absolute atomic E-state index is 0.170. The zero-order chi connectivity index (χ0) is 26.9. The monoisotopic (exact) mass is 498 g/mol. The molecule has 0 aliphatic heterocycles. The highest BCUT2D eigenvalue weighted by atomic mass is 19.1. The van der Waals surface area contributed by atoms with Crippen LogP contribution in [0, 0.1) is 34.3 Å². The molecule has 8 nitrogen and oxygen atoms in total. The molecule has 4 aromatic rings. The Morgan fingerprint density at radius 1 is 0.784 bits per heavy atom. The van der Waals surface area contributed by atoms with Crippen LogP contribution in [0.5, 0.6) is 0 Å². The highest BCUT2D eigenvalue weighted by Crippen LogP contribution is 2.21. The number of methoxy groups -OCH3 is 1. The first kappa shape index (κ1) is 26.1. The van der Waals surface area contributed by atoms with Gasteiger partial charge in [-0.05, 0) is 36.4 Å². The van der Waals surface area contributed by atoms with Gasteiger partial charge in [-0.3, -0.25) is 9.97 Å². The molecule has 0 radical (unpaired) electrons. The van der Waals surface area contributed by atoms with E-state index in [2.05, 4.69) is 14.7 Å². The molecule has 4 rings (SSSR count). The normalized spacial score (nSPS) is 9.76. The summed E-state index contributed by atoms with van der Waals surface area (Å²) in [5, 5.41) is 26.2. The number of hydrogen-bond acceptors (Lipinski definition) is 7. The Balaban J connectivity index is 0.000000206. The van der Waals surface area contributed by atoms with E-state index in [-0.39, 0.29) is 5.56 Å². The highest BCUT2D eigenvalue weighted by Gasteiger charge is 2.15. The topological polar surface area (TPSA) is 137 Å². The molecular weight excluding hydrogens is 482 g/mol. The number of carboxylic acids is 1. The minimum atomic E-state index is -1.34. The fourth-order valence-corrected chi connectivity index (χ4v) is 3.05. The molecule has 2 aromatic carbocycles.